The number of amides is 1. The first-order chi connectivity index (χ1) is 18.1. The quantitative estimate of drug-likeness (QED) is 0.398. The zero-order valence-corrected chi connectivity index (χ0v) is 21.4. The third kappa shape index (κ3) is 6.06. The highest BCUT2D eigenvalue weighted by Crippen LogP contribution is 2.33. The minimum Gasteiger partial charge on any atom is -0.461 e. The number of carbonyl (C=O) groups is 1. The van der Waals surface area contributed by atoms with E-state index in [1.807, 2.05) is 18.3 Å². The maximum absolute atomic E-state index is 12.8. The molecule has 1 aromatic carbocycles. The van der Waals surface area contributed by atoms with E-state index in [0.29, 0.717) is 31.1 Å². The number of carbonyl (C=O) groups excluding carboxylic acids is 1. The lowest BCUT2D eigenvalue weighted by molar-refractivity contribution is -0.117. The van der Waals surface area contributed by atoms with Crippen LogP contribution in [0.3, 0.4) is 0 Å². The van der Waals surface area contributed by atoms with Gasteiger partial charge in [0.1, 0.15) is 18.2 Å². The van der Waals surface area contributed by atoms with Crippen LogP contribution in [0.15, 0.2) is 42.6 Å². The number of likely N-dealkylation sites (tertiary alicyclic amines) is 1. The minimum atomic E-state index is -0.0568. The van der Waals surface area contributed by atoms with Crippen molar-refractivity contribution in [3.8, 4) is 17.1 Å². The van der Waals surface area contributed by atoms with Gasteiger partial charge < -0.3 is 20.1 Å². The van der Waals surface area contributed by atoms with Crippen LogP contribution in [0.1, 0.15) is 36.1 Å². The average molecular weight is 503 g/mol. The van der Waals surface area contributed by atoms with Crippen LogP contribution >= 0.6 is 0 Å². The molecule has 194 valence electrons. The third-order valence-electron chi connectivity index (χ3n) is 6.96. The number of hydrogen-bond donors (Lipinski definition) is 1. The third-order valence-corrected chi connectivity index (χ3v) is 6.96. The van der Waals surface area contributed by atoms with Crippen LogP contribution in [0, 0.1) is 0 Å². The second-order valence-electron chi connectivity index (χ2n) is 9.58. The average Bonchev–Trinajstić information content (AvgIpc) is 3.54. The first-order valence-electron chi connectivity index (χ1n) is 13.0. The number of nitrogens with two attached hydrogens (primary N) is 1. The molecule has 2 aliphatic rings. The van der Waals surface area contributed by atoms with E-state index in [-0.39, 0.29) is 24.2 Å². The van der Waals surface area contributed by atoms with Crippen LogP contribution in [-0.4, -0.2) is 65.7 Å². The molecule has 2 N–H and O–H groups in total. The predicted molar refractivity (Wildman–Crippen MR) is 142 cm³/mol. The van der Waals surface area contributed by atoms with Gasteiger partial charge in [0.05, 0.1) is 19.6 Å². The van der Waals surface area contributed by atoms with Gasteiger partial charge in [-0.25, -0.2) is 0 Å². The van der Waals surface area contributed by atoms with E-state index in [4.69, 9.17) is 15.2 Å². The molecule has 0 bridgehead atoms. The molecule has 0 atom stereocenters. The second-order valence-corrected chi connectivity index (χ2v) is 9.58. The maximum Gasteiger partial charge on any atom is 0.320 e. The summed E-state index contributed by atoms with van der Waals surface area (Å²) in [7, 11) is 1.59. The normalized spacial score (nSPS) is 15.4. The molecule has 37 heavy (non-hydrogen) atoms. The van der Waals surface area contributed by atoms with Gasteiger partial charge in [-0.1, -0.05) is 30.3 Å². The summed E-state index contributed by atoms with van der Waals surface area (Å²) in [5.74, 6) is 0.729. The summed E-state index contributed by atoms with van der Waals surface area (Å²) in [4.78, 5) is 30.3. The Hall–Kier alpha value is -3.56. The minimum absolute atomic E-state index is 0.0568. The van der Waals surface area contributed by atoms with Crippen LogP contribution in [0.4, 0.5) is 11.6 Å². The molecule has 0 radical (unpaired) electrons. The topological polar surface area (TPSA) is 107 Å². The zero-order chi connectivity index (χ0) is 25.6. The van der Waals surface area contributed by atoms with Crippen molar-refractivity contribution in [2.24, 2.45) is 0 Å². The van der Waals surface area contributed by atoms with Crippen molar-refractivity contribution in [2.75, 3.05) is 50.6 Å². The Bertz CT molecular complexity index is 1210. The highest BCUT2D eigenvalue weighted by Gasteiger charge is 2.32. The molecule has 1 saturated heterocycles. The summed E-state index contributed by atoms with van der Waals surface area (Å²) in [6, 6.07) is 12.6. The molecule has 0 saturated carbocycles. The van der Waals surface area contributed by atoms with Gasteiger partial charge in [0.2, 0.25) is 5.91 Å². The lowest BCUT2D eigenvalue weighted by Gasteiger charge is -2.17. The van der Waals surface area contributed by atoms with Crippen LogP contribution in [-0.2, 0) is 28.9 Å². The molecule has 2 aromatic heterocycles. The van der Waals surface area contributed by atoms with E-state index < -0.39 is 0 Å². The van der Waals surface area contributed by atoms with E-state index in [1.54, 1.807) is 12.0 Å². The van der Waals surface area contributed by atoms with Crippen molar-refractivity contribution in [2.45, 2.75) is 38.6 Å². The largest absolute Gasteiger partial charge is 0.461 e. The van der Waals surface area contributed by atoms with Crippen LogP contribution < -0.4 is 15.4 Å². The molecule has 1 fully saturated rings. The zero-order valence-electron chi connectivity index (χ0n) is 21.4. The predicted octanol–water partition coefficient (Wildman–Crippen LogP) is 3.26. The van der Waals surface area contributed by atoms with E-state index in [9.17, 15) is 4.79 Å². The number of anilines is 2. The van der Waals surface area contributed by atoms with E-state index in [0.717, 1.165) is 41.8 Å². The van der Waals surface area contributed by atoms with Gasteiger partial charge in [0.25, 0.3) is 0 Å². The lowest BCUT2D eigenvalue weighted by atomic mass is 10.0. The van der Waals surface area contributed by atoms with Gasteiger partial charge >= 0.3 is 6.01 Å². The summed E-state index contributed by atoms with van der Waals surface area (Å²) >= 11 is 0. The Morgan fingerprint density at radius 1 is 1.00 bits per heavy atom. The summed E-state index contributed by atoms with van der Waals surface area (Å²) in [5.41, 5.74) is 11.0. The molecule has 0 aliphatic carbocycles. The Balaban J connectivity index is 1.21. The van der Waals surface area contributed by atoms with Gasteiger partial charge in [0.15, 0.2) is 0 Å². The summed E-state index contributed by atoms with van der Waals surface area (Å²) in [6.07, 6.45) is 6.97. The number of pyridine rings is 1. The van der Waals surface area contributed by atoms with E-state index in [2.05, 4.69) is 44.1 Å². The maximum atomic E-state index is 12.8. The fourth-order valence-electron chi connectivity index (χ4n) is 4.89. The molecular weight excluding hydrogens is 468 g/mol. The number of rotatable bonds is 11. The van der Waals surface area contributed by atoms with Crippen LogP contribution in [0.25, 0.3) is 11.1 Å². The molecular formula is C28H34N6O3. The van der Waals surface area contributed by atoms with E-state index in [1.165, 1.54) is 25.9 Å². The molecule has 0 unspecified atom stereocenters. The Morgan fingerprint density at radius 3 is 2.51 bits per heavy atom. The Labute approximate surface area is 217 Å². The number of ether oxygens (including phenoxy) is 2. The number of nitrogens with zero attached hydrogens (tertiary/aromatic N) is 5. The first-order valence-corrected chi connectivity index (χ1v) is 13.0. The lowest BCUT2D eigenvalue weighted by Crippen LogP contribution is -2.26. The number of hydrogen-bond acceptors (Lipinski definition) is 8. The fraction of sp³-hybridized carbons (Fsp3) is 0.429. The van der Waals surface area contributed by atoms with Crippen molar-refractivity contribution < 1.29 is 14.3 Å². The van der Waals surface area contributed by atoms with Crippen molar-refractivity contribution in [1.29, 1.82) is 0 Å². The number of aryl methyl sites for hydroxylation is 1. The van der Waals surface area contributed by atoms with Gasteiger partial charge in [-0.3, -0.25) is 14.7 Å². The molecule has 9 heteroatoms. The van der Waals surface area contributed by atoms with Gasteiger partial charge in [-0.05, 0) is 62.5 Å². The molecule has 1 amide bonds. The van der Waals surface area contributed by atoms with Crippen molar-refractivity contribution in [3.05, 3.63) is 59.4 Å². The molecule has 2 aliphatic heterocycles. The van der Waals surface area contributed by atoms with Crippen molar-refractivity contribution >= 4 is 17.5 Å². The number of methoxy groups -OCH3 is 1. The van der Waals surface area contributed by atoms with E-state index >= 15 is 0 Å². The van der Waals surface area contributed by atoms with Crippen molar-refractivity contribution in [3.63, 3.8) is 0 Å². The van der Waals surface area contributed by atoms with Gasteiger partial charge in [-0.2, -0.15) is 9.97 Å². The standard InChI is InChI=1S/C28H34N6O3/c1-36-15-16-37-28-31-26(29)24-17-25(35)34(27(24)32-28)19-20-6-8-21(9-7-20)22-10-11-23(30-18-22)5-4-14-33-12-2-3-13-33/h6-11,18H,2-5,12-17,19H2,1H3,(H2,29,31,32). The smallest absolute Gasteiger partial charge is 0.320 e. The molecule has 0 spiro atoms. The molecule has 4 heterocycles. The Morgan fingerprint density at radius 2 is 1.78 bits per heavy atom. The first kappa shape index (κ1) is 25.1. The van der Waals surface area contributed by atoms with Crippen LogP contribution in [0.2, 0.25) is 0 Å². The Kier molecular flexibility index (Phi) is 7.91. The summed E-state index contributed by atoms with van der Waals surface area (Å²) < 4.78 is 10.5. The second kappa shape index (κ2) is 11.7. The molecule has 9 nitrogen and oxygen atoms in total. The number of fused-ring (bicyclic) bond motifs is 1. The van der Waals surface area contributed by atoms with Crippen molar-refractivity contribution in [1.82, 2.24) is 19.9 Å². The molecule has 5 rings (SSSR count). The highest BCUT2D eigenvalue weighted by molar-refractivity contribution is 6.01. The van der Waals surface area contributed by atoms with Gasteiger partial charge in [-0.15, -0.1) is 0 Å². The van der Waals surface area contributed by atoms with Gasteiger partial charge in [0, 0.05) is 30.1 Å². The fourth-order valence-corrected chi connectivity index (χ4v) is 4.89. The van der Waals surface area contributed by atoms with Crippen LogP contribution in [0.5, 0.6) is 6.01 Å². The summed E-state index contributed by atoms with van der Waals surface area (Å²) in [5, 5.41) is 0. The monoisotopic (exact) mass is 502 g/mol. The summed E-state index contributed by atoms with van der Waals surface area (Å²) in [6.45, 7) is 4.76. The number of benzene rings is 1. The molecule has 3 aromatic rings. The SMILES string of the molecule is COCCOc1nc(N)c2c(n1)N(Cc1ccc(-c3ccc(CCCN4CCCC4)nc3)cc1)C(=O)C2. The number of nitrogen functional groups attached to an aromatic ring is 1. The highest BCUT2D eigenvalue weighted by atomic mass is 16.5. The number of aromatic nitrogens is 3.